The zero-order chi connectivity index (χ0) is 33.5. The molecule has 1 heterocycles. The number of unbranched alkanes of at least 4 members (excludes halogenated alkanes) is 2. The van der Waals surface area contributed by atoms with Crippen molar-refractivity contribution in [1.29, 1.82) is 0 Å². The van der Waals surface area contributed by atoms with Gasteiger partial charge in [0, 0.05) is 5.56 Å². The number of nitrogens with one attached hydrogen (secondary N) is 2. The van der Waals surface area contributed by atoms with Gasteiger partial charge in [0.2, 0.25) is 12.3 Å². The number of amides is 4. The van der Waals surface area contributed by atoms with Crippen molar-refractivity contribution in [1.82, 2.24) is 15.7 Å². The first-order valence-electron chi connectivity index (χ1n) is 14.4. The Bertz CT molecular complexity index is 1390. The van der Waals surface area contributed by atoms with E-state index in [0.717, 1.165) is 19.2 Å². The Labute approximate surface area is 259 Å². The van der Waals surface area contributed by atoms with E-state index in [2.05, 4.69) is 15.6 Å². The fourth-order valence-electron chi connectivity index (χ4n) is 4.53. The molecule has 0 aliphatic heterocycles. The quantitative estimate of drug-likeness (QED) is 0.0378. The molecule has 0 bridgehead atoms. The van der Waals surface area contributed by atoms with Gasteiger partial charge in [-0.15, -0.1) is 0 Å². The van der Waals surface area contributed by atoms with Gasteiger partial charge in [-0.2, -0.15) is 4.99 Å². The van der Waals surface area contributed by atoms with E-state index in [0.29, 0.717) is 29.9 Å². The maximum absolute atomic E-state index is 12.9. The van der Waals surface area contributed by atoms with Crippen LogP contribution in [0.4, 0.5) is 0 Å². The molecule has 0 saturated heterocycles. The highest BCUT2D eigenvalue weighted by Gasteiger charge is 2.30. The predicted molar refractivity (Wildman–Crippen MR) is 159 cm³/mol. The van der Waals surface area contributed by atoms with Crippen molar-refractivity contribution in [2.45, 2.75) is 71.4 Å². The number of aliphatic imine (C=N–C) groups is 1. The van der Waals surface area contributed by atoms with Gasteiger partial charge in [-0.1, -0.05) is 39.2 Å². The molecule has 1 aromatic heterocycles. The van der Waals surface area contributed by atoms with Crippen LogP contribution in [0.3, 0.4) is 0 Å². The Hall–Kier alpha value is -5.05. The zero-order valence-electron chi connectivity index (χ0n) is 25.2. The van der Waals surface area contributed by atoms with Crippen LogP contribution in [0.25, 0.3) is 11.3 Å². The summed E-state index contributed by atoms with van der Waals surface area (Å²) in [5.41, 5.74) is 0.354. The van der Waals surface area contributed by atoms with Crippen molar-refractivity contribution in [3.8, 4) is 17.1 Å². The van der Waals surface area contributed by atoms with Gasteiger partial charge in [0.05, 0.1) is 36.9 Å². The minimum absolute atomic E-state index is 0.0452. The lowest BCUT2D eigenvalue weighted by Gasteiger charge is -2.28. The number of furan rings is 1. The lowest BCUT2D eigenvalue weighted by molar-refractivity contribution is -0.168. The van der Waals surface area contributed by atoms with E-state index in [4.69, 9.17) is 14.3 Å². The zero-order valence-corrected chi connectivity index (χ0v) is 25.2. The third-order valence-electron chi connectivity index (χ3n) is 6.78. The van der Waals surface area contributed by atoms with Crippen LogP contribution in [0.5, 0.6) is 5.75 Å². The van der Waals surface area contributed by atoms with Crippen LogP contribution in [0, 0.1) is 5.92 Å². The fourth-order valence-corrected chi connectivity index (χ4v) is 4.53. The van der Waals surface area contributed by atoms with Gasteiger partial charge in [0.1, 0.15) is 17.6 Å². The third kappa shape index (κ3) is 10.6. The molecule has 45 heavy (non-hydrogen) atoms. The molecule has 5 N–H and O–H groups in total. The second kappa shape index (κ2) is 17.9. The van der Waals surface area contributed by atoms with E-state index in [9.17, 15) is 39.1 Å². The number of aliphatic carboxylic acids is 2. The number of ether oxygens (including phenoxy) is 1. The van der Waals surface area contributed by atoms with Crippen LogP contribution in [-0.4, -0.2) is 81.6 Å². The first-order chi connectivity index (χ1) is 21.5. The molecule has 0 spiro atoms. The smallest absolute Gasteiger partial charge is 0.326 e. The van der Waals surface area contributed by atoms with E-state index in [-0.39, 0.29) is 35.9 Å². The average Bonchev–Trinajstić information content (AvgIpc) is 3.50. The number of hydroxylamine groups is 2. The number of hydrogen-bond acceptors (Lipinski definition) is 9. The minimum atomic E-state index is -1.66. The Kier molecular flexibility index (Phi) is 14.4. The number of carboxylic acids is 2. The highest BCUT2D eigenvalue weighted by Crippen LogP contribution is 2.29. The number of hydrogen-bond donors (Lipinski definition) is 5. The summed E-state index contributed by atoms with van der Waals surface area (Å²) in [7, 11) is 0. The number of carbonyl (C=O) groups excluding carboxylic acids is 4. The summed E-state index contributed by atoms with van der Waals surface area (Å²) in [6.45, 7) is 5.55. The molecule has 15 nitrogen and oxygen atoms in total. The number of benzene rings is 1. The minimum Gasteiger partial charge on any atom is -0.493 e. The van der Waals surface area contributed by atoms with Gasteiger partial charge in [0.15, 0.2) is 5.76 Å². The van der Waals surface area contributed by atoms with Crippen molar-refractivity contribution in [2.24, 2.45) is 10.9 Å². The molecule has 15 heteroatoms. The summed E-state index contributed by atoms with van der Waals surface area (Å²) in [6, 6.07) is 4.67. The molecule has 2 aromatic rings. The third-order valence-corrected chi connectivity index (χ3v) is 6.78. The van der Waals surface area contributed by atoms with Crippen molar-refractivity contribution in [3.05, 3.63) is 41.7 Å². The Morgan fingerprint density at radius 3 is 2.40 bits per heavy atom. The second-order valence-electron chi connectivity index (χ2n) is 9.91. The maximum atomic E-state index is 12.9. The van der Waals surface area contributed by atoms with E-state index in [1.54, 1.807) is 13.8 Å². The van der Waals surface area contributed by atoms with Crippen LogP contribution >= 0.6 is 0 Å². The van der Waals surface area contributed by atoms with Crippen LogP contribution < -0.4 is 15.4 Å². The molecule has 4 amide bonds. The standard InChI is InChI=1S/C30H38N4O11/c1-4-7-8-9-19(22(5-2)34(43)17-35)27(38)31-16-32-29(40)24-13-12-23(45-24)18-10-11-20(25(14-18)44-6-3)28(39)33-21(30(41)42)15-26(36)37/h10-14,16-17,19,21-22,43H,4-9,15H2,1-3H3,(H,33,39)(H,36,37)(H,41,42)(H,31,32,38,40)/t19-,21+,22-/m1/s1. The van der Waals surface area contributed by atoms with Crippen LogP contribution in [0.15, 0.2) is 39.7 Å². The topological polar surface area (TPSA) is 225 Å². The first-order valence-corrected chi connectivity index (χ1v) is 14.4. The van der Waals surface area contributed by atoms with Gasteiger partial charge in [0.25, 0.3) is 5.91 Å². The molecule has 0 radical (unpaired) electrons. The number of carbonyl (C=O) groups is 6. The molecular weight excluding hydrogens is 592 g/mol. The van der Waals surface area contributed by atoms with Gasteiger partial charge >= 0.3 is 17.8 Å². The maximum Gasteiger partial charge on any atom is 0.326 e. The Morgan fingerprint density at radius 1 is 1.07 bits per heavy atom. The van der Waals surface area contributed by atoms with E-state index < -0.39 is 54.1 Å². The second-order valence-corrected chi connectivity index (χ2v) is 9.91. The predicted octanol–water partition coefficient (Wildman–Crippen LogP) is 3.11. The van der Waals surface area contributed by atoms with E-state index in [1.165, 1.54) is 30.3 Å². The molecule has 0 aliphatic rings. The first kappa shape index (κ1) is 36.1. The number of nitrogens with zero attached hydrogens (tertiary/aromatic N) is 2. The van der Waals surface area contributed by atoms with Crippen molar-refractivity contribution in [3.63, 3.8) is 0 Å². The molecule has 0 unspecified atom stereocenters. The van der Waals surface area contributed by atoms with Crippen LogP contribution in [0.2, 0.25) is 0 Å². The molecule has 244 valence electrons. The largest absolute Gasteiger partial charge is 0.493 e. The van der Waals surface area contributed by atoms with Crippen molar-refractivity contribution in [2.75, 3.05) is 6.61 Å². The lowest BCUT2D eigenvalue weighted by Crippen LogP contribution is -2.45. The molecule has 2 rings (SSSR count). The normalized spacial score (nSPS) is 13.0. The average molecular weight is 631 g/mol. The molecule has 1 aromatic carbocycles. The van der Waals surface area contributed by atoms with Crippen molar-refractivity contribution >= 4 is 42.4 Å². The highest BCUT2D eigenvalue weighted by molar-refractivity contribution is 6.01. The number of rotatable bonds is 19. The van der Waals surface area contributed by atoms with E-state index in [1.807, 2.05) is 6.92 Å². The number of carboxylic acid groups (broad SMARTS) is 2. The summed E-state index contributed by atoms with van der Waals surface area (Å²) in [6.07, 6.45) is 3.57. The molecular formula is C30H38N4O11. The molecule has 0 saturated carbocycles. The molecule has 0 fully saturated rings. The summed E-state index contributed by atoms with van der Waals surface area (Å²) in [5.74, 6) is -5.73. The Morgan fingerprint density at radius 2 is 1.80 bits per heavy atom. The van der Waals surface area contributed by atoms with E-state index >= 15 is 0 Å². The Balaban J connectivity index is 2.18. The summed E-state index contributed by atoms with van der Waals surface area (Å²) in [5, 5.41) is 33.2. The van der Waals surface area contributed by atoms with Crippen LogP contribution in [0.1, 0.15) is 80.2 Å². The van der Waals surface area contributed by atoms with Gasteiger partial charge in [-0.25, -0.2) is 9.86 Å². The van der Waals surface area contributed by atoms with Crippen molar-refractivity contribution < 1.29 is 53.3 Å². The van der Waals surface area contributed by atoms with Gasteiger partial charge in [-0.05, 0) is 44.0 Å². The molecule has 0 aliphatic carbocycles. The summed E-state index contributed by atoms with van der Waals surface area (Å²) < 4.78 is 11.2. The van der Waals surface area contributed by atoms with Gasteiger partial charge < -0.3 is 30.0 Å². The SMILES string of the molecule is CCCCC[C@@H](C(=O)NC=NC(=O)c1ccc(-c2ccc(C(=O)N[C@@H](CC(=O)O)C(=O)O)c(OCC)c2)o1)[C@@H](CC)N(O)C=O. The molecule has 3 atom stereocenters. The monoisotopic (exact) mass is 630 g/mol. The van der Waals surface area contributed by atoms with Gasteiger partial charge in [-0.3, -0.25) is 29.2 Å². The fraction of sp³-hybridized carbons (Fsp3) is 0.433. The highest BCUT2D eigenvalue weighted by atomic mass is 16.5. The summed E-state index contributed by atoms with van der Waals surface area (Å²) in [4.78, 5) is 75.4. The van der Waals surface area contributed by atoms with Crippen LogP contribution in [-0.2, 0) is 19.2 Å². The summed E-state index contributed by atoms with van der Waals surface area (Å²) >= 11 is 0. The lowest BCUT2D eigenvalue weighted by atomic mass is 9.90.